The Labute approximate surface area is 114 Å². The monoisotopic (exact) mass is 280 g/mol. The molecular weight excluding hydrogens is 264 g/mol. The van der Waals surface area contributed by atoms with Crippen molar-refractivity contribution in [3.63, 3.8) is 0 Å². The lowest BCUT2D eigenvalue weighted by atomic mass is 9.89. The Morgan fingerprint density at radius 3 is 2.94 bits per heavy atom. The van der Waals surface area contributed by atoms with E-state index in [2.05, 4.69) is 4.98 Å². The van der Waals surface area contributed by atoms with Crippen LogP contribution in [0.4, 0.5) is 0 Å². The lowest BCUT2D eigenvalue weighted by Crippen LogP contribution is -2.26. The average molecular weight is 280 g/mol. The second-order valence-electron chi connectivity index (χ2n) is 5.01. The summed E-state index contributed by atoms with van der Waals surface area (Å²) in [4.78, 5) is 15.5. The zero-order valence-corrected chi connectivity index (χ0v) is 11.8. The summed E-state index contributed by atoms with van der Waals surface area (Å²) < 4.78 is 3.11. The number of nitrogens with one attached hydrogen (secondary N) is 1. The van der Waals surface area contributed by atoms with Crippen LogP contribution in [-0.2, 0) is 6.54 Å². The molecule has 0 unspecified atom stereocenters. The Morgan fingerprint density at radius 2 is 2.17 bits per heavy atom. The van der Waals surface area contributed by atoms with Gasteiger partial charge in [0.1, 0.15) is 4.70 Å². The third-order valence-corrected chi connectivity index (χ3v) is 4.98. The molecule has 0 spiro atoms. The van der Waals surface area contributed by atoms with Gasteiger partial charge in [-0.1, -0.05) is 19.3 Å². The summed E-state index contributed by atoms with van der Waals surface area (Å²) >= 11 is 6.80. The Hall–Kier alpha value is -0.940. The minimum Gasteiger partial charge on any atom is -0.331 e. The Morgan fingerprint density at radius 1 is 1.39 bits per heavy atom. The normalized spacial score (nSPS) is 17.3. The van der Waals surface area contributed by atoms with Crippen molar-refractivity contribution in [2.24, 2.45) is 5.92 Å². The molecule has 96 valence electrons. The molecule has 1 fully saturated rings. The fourth-order valence-electron chi connectivity index (χ4n) is 2.76. The van der Waals surface area contributed by atoms with Crippen molar-refractivity contribution in [2.75, 3.05) is 0 Å². The van der Waals surface area contributed by atoms with Crippen molar-refractivity contribution >= 4 is 33.8 Å². The van der Waals surface area contributed by atoms with Crippen LogP contribution in [0.25, 0.3) is 10.2 Å². The van der Waals surface area contributed by atoms with Crippen LogP contribution < -0.4 is 5.56 Å². The summed E-state index contributed by atoms with van der Waals surface area (Å²) in [5, 5.41) is 1.93. The first kappa shape index (κ1) is 12.1. The molecule has 0 amide bonds. The molecule has 2 aromatic heterocycles. The molecule has 3 rings (SSSR count). The molecule has 1 N–H and O–H groups in total. The first-order chi connectivity index (χ1) is 8.75. The van der Waals surface area contributed by atoms with Gasteiger partial charge in [0.25, 0.3) is 5.56 Å². The Kier molecular flexibility index (Phi) is 3.35. The van der Waals surface area contributed by atoms with Crippen LogP contribution in [0.15, 0.2) is 16.2 Å². The molecular formula is C13H16N2OS2. The van der Waals surface area contributed by atoms with Crippen molar-refractivity contribution in [3.8, 4) is 0 Å². The first-order valence-corrected chi connectivity index (χ1v) is 7.75. The molecule has 2 heterocycles. The highest BCUT2D eigenvalue weighted by Crippen LogP contribution is 2.25. The van der Waals surface area contributed by atoms with Crippen LogP contribution in [0.1, 0.15) is 32.1 Å². The van der Waals surface area contributed by atoms with E-state index >= 15 is 0 Å². The van der Waals surface area contributed by atoms with Gasteiger partial charge >= 0.3 is 0 Å². The van der Waals surface area contributed by atoms with Gasteiger partial charge in [-0.25, -0.2) is 0 Å². The maximum atomic E-state index is 12.4. The standard InChI is InChI=1S/C13H16N2OS2/c16-12-11-10(6-7-18-11)14-13(17)15(12)8-9-4-2-1-3-5-9/h6-7,9H,1-5,8H2,(H,14,17). The first-order valence-electron chi connectivity index (χ1n) is 6.46. The molecule has 0 radical (unpaired) electrons. The van der Waals surface area contributed by atoms with Gasteiger partial charge in [-0.3, -0.25) is 9.36 Å². The fourth-order valence-corrected chi connectivity index (χ4v) is 3.83. The van der Waals surface area contributed by atoms with E-state index in [1.165, 1.54) is 43.4 Å². The molecule has 3 nitrogen and oxygen atoms in total. The molecule has 2 aromatic rings. The highest BCUT2D eigenvalue weighted by molar-refractivity contribution is 7.71. The van der Waals surface area contributed by atoms with Crippen LogP contribution >= 0.6 is 23.6 Å². The average Bonchev–Trinajstić information content (AvgIpc) is 2.84. The Balaban J connectivity index is 2.00. The maximum absolute atomic E-state index is 12.4. The van der Waals surface area contributed by atoms with Crippen molar-refractivity contribution in [1.29, 1.82) is 0 Å². The minimum absolute atomic E-state index is 0.0781. The zero-order chi connectivity index (χ0) is 12.5. The molecule has 18 heavy (non-hydrogen) atoms. The van der Waals surface area contributed by atoms with Crippen LogP contribution in [0.2, 0.25) is 0 Å². The molecule has 1 saturated carbocycles. The molecule has 0 atom stereocenters. The van der Waals surface area contributed by atoms with Crippen molar-refractivity contribution in [1.82, 2.24) is 9.55 Å². The summed E-state index contributed by atoms with van der Waals surface area (Å²) in [5.41, 5.74) is 0.948. The number of aromatic amines is 1. The number of nitrogens with zero attached hydrogens (tertiary/aromatic N) is 1. The van der Waals surface area contributed by atoms with Gasteiger partial charge in [0.05, 0.1) is 5.52 Å². The van der Waals surface area contributed by atoms with E-state index in [0.29, 0.717) is 10.7 Å². The second-order valence-corrected chi connectivity index (χ2v) is 6.32. The third kappa shape index (κ3) is 2.17. The number of aromatic nitrogens is 2. The summed E-state index contributed by atoms with van der Waals surface area (Å²) in [6.07, 6.45) is 6.36. The number of rotatable bonds is 2. The largest absolute Gasteiger partial charge is 0.331 e. The van der Waals surface area contributed by atoms with Gasteiger partial charge in [0.15, 0.2) is 4.77 Å². The van der Waals surface area contributed by atoms with E-state index in [4.69, 9.17) is 12.2 Å². The van der Waals surface area contributed by atoms with Gasteiger partial charge in [-0.2, -0.15) is 0 Å². The quantitative estimate of drug-likeness (QED) is 0.852. The molecule has 1 aliphatic rings. The van der Waals surface area contributed by atoms with E-state index in [1.54, 1.807) is 4.57 Å². The lowest BCUT2D eigenvalue weighted by Gasteiger charge is -2.22. The van der Waals surface area contributed by atoms with Crippen molar-refractivity contribution < 1.29 is 0 Å². The summed E-state index contributed by atoms with van der Waals surface area (Å²) in [6, 6.07) is 1.92. The number of H-pyrrole nitrogens is 1. The highest BCUT2D eigenvalue weighted by atomic mass is 32.1. The summed E-state index contributed by atoms with van der Waals surface area (Å²) in [7, 11) is 0. The van der Waals surface area contributed by atoms with Crippen molar-refractivity contribution in [3.05, 3.63) is 26.6 Å². The van der Waals surface area contributed by atoms with Crippen LogP contribution in [0, 0.1) is 10.7 Å². The number of fused-ring (bicyclic) bond motifs is 1. The van der Waals surface area contributed by atoms with Gasteiger partial charge in [0, 0.05) is 6.54 Å². The molecule has 5 heteroatoms. The number of hydrogen-bond donors (Lipinski definition) is 1. The zero-order valence-electron chi connectivity index (χ0n) is 10.1. The van der Waals surface area contributed by atoms with E-state index in [-0.39, 0.29) is 5.56 Å². The van der Waals surface area contributed by atoms with Crippen LogP contribution in [0.3, 0.4) is 0 Å². The van der Waals surface area contributed by atoms with E-state index in [0.717, 1.165) is 16.8 Å². The number of hydrogen-bond acceptors (Lipinski definition) is 3. The van der Waals surface area contributed by atoms with E-state index < -0.39 is 0 Å². The second kappa shape index (κ2) is 4.97. The van der Waals surface area contributed by atoms with E-state index in [9.17, 15) is 4.79 Å². The van der Waals surface area contributed by atoms with Crippen LogP contribution in [-0.4, -0.2) is 9.55 Å². The topological polar surface area (TPSA) is 37.8 Å². The van der Waals surface area contributed by atoms with Gasteiger partial charge in [-0.05, 0) is 42.4 Å². The lowest BCUT2D eigenvalue weighted by molar-refractivity contribution is 0.314. The SMILES string of the molecule is O=c1c2sccc2[nH]c(=S)n1CC1CCCCC1. The minimum atomic E-state index is 0.0781. The van der Waals surface area contributed by atoms with Crippen molar-refractivity contribution in [2.45, 2.75) is 38.6 Å². The molecule has 0 saturated heterocycles. The predicted octanol–water partition coefficient (Wildman–Crippen LogP) is 3.70. The predicted molar refractivity (Wildman–Crippen MR) is 77.8 cm³/mol. The molecule has 0 bridgehead atoms. The smallest absolute Gasteiger partial charge is 0.272 e. The molecule has 0 aromatic carbocycles. The van der Waals surface area contributed by atoms with Crippen LogP contribution in [0.5, 0.6) is 0 Å². The molecule has 1 aliphatic carbocycles. The highest BCUT2D eigenvalue weighted by Gasteiger charge is 2.16. The third-order valence-electron chi connectivity index (χ3n) is 3.76. The van der Waals surface area contributed by atoms with Gasteiger partial charge in [-0.15, -0.1) is 11.3 Å². The summed E-state index contributed by atoms with van der Waals surface area (Å²) in [6.45, 7) is 0.780. The molecule has 0 aliphatic heterocycles. The maximum Gasteiger partial charge on any atom is 0.272 e. The van der Waals surface area contributed by atoms with Gasteiger partial charge in [0.2, 0.25) is 0 Å². The number of thiophene rings is 1. The summed E-state index contributed by atoms with van der Waals surface area (Å²) in [5.74, 6) is 0.615. The fraction of sp³-hybridized carbons (Fsp3) is 0.538. The van der Waals surface area contributed by atoms with Gasteiger partial charge < -0.3 is 4.98 Å². The van der Waals surface area contributed by atoms with E-state index in [1.807, 2.05) is 11.4 Å². The Bertz CT molecular complexity index is 661.